The average Bonchev–Trinajstić information content (AvgIpc) is 2.58. The summed E-state index contributed by atoms with van der Waals surface area (Å²) < 4.78 is 78.5. The molecule has 0 bridgehead atoms. The number of hydrogen-bond donors (Lipinski definition) is 1. The van der Waals surface area contributed by atoms with E-state index in [2.05, 4.69) is 14.7 Å². The molecule has 0 spiro atoms. The van der Waals surface area contributed by atoms with E-state index in [0.29, 0.717) is 12.7 Å². The molecule has 104 valence electrons. The molecule has 0 aliphatic carbocycles. The minimum atomic E-state index is -5.47. The molecule has 0 radical (unpaired) electrons. The Balaban J connectivity index is 2.97. The Kier molecular flexibility index (Phi) is 4.25. The lowest BCUT2D eigenvalue weighted by Crippen LogP contribution is -2.33. The van der Waals surface area contributed by atoms with Gasteiger partial charge in [-0.2, -0.15) is 26.3 Å². The summed E-state index contributed by atoms with van der Waals surface area (Å²) in [6.07, 6.45) is -10.5. The lowest BCUT2D eigenvalue weighted by Gasteiger charge is -2.20. The van der Waals surface area contributed by atoms with E-state index >= 15 is 0 Å². The van der Waals surface area contributed by atoms with Crippen LogP contribution in [0, 0.1) is 0 Å². The fourth-order valence-electron chi connectivity index (χ4n) is 1.28. The first-order valence-corrected chi connectivity index (χ1v) is 4.95. The summed E-state index contributed by atoms with van der Waals surface area (Å²) in [7, 11) is 0. The number of rotatable bonds is 4. The maximum absolute atomic E-state index is 12.3. The van der Waals surface area contributed by atoms with Crippen molar-refractivity contribution in [1.82, 2.24) is 10.3 Å². The van der Waals surface area contributed by atoms with Gasteiger partial charge >= 0.3 is 12.4 Å². The average molecular weight is 276 g/mol. The first-order chi connectivity index (χ1) is 8.16. The molecule has 1 rings (SSSR count). The molecule has 0 aliphatic rings. The Labute approximate surface area is 98.2 Å². The van der Waals surface area contributed by atoms with Crippen molar-refractivity contribution in [3.05, 3.63) is 17.8 Å². The molecule has 0 aliphatic heterocycles. The molecular weight excluding hydrogens is 266 g/mol. The zero-order valence-electron chi connectivity index (χ0n) is 9.19. The first kappa shape index (κ1) is 14.8. The summed E-state index contributed by atoms with van der Waals surface area (Å²) in [6.45, 7) is 2.18. The Bertz CT molecular complexity index is 369. The minimum absolute atomic E-state index is 0.0288. The van der Waals surface area contributed by atoms with Gasteiger partial charge in [0.05, 0.1) is 12.7 Å². The van der Waals surface area contributed by atoms with Gasteiger partial charge in [0.2, 0.25) is 11.8 Å². The van der Waals surface area contributed by atoms with E-state index in [1.165, 1.54) is 0 Å². The van der Waals surface area contributed by atoms with Gasteiger partial charge in [0.1, 0.15) is 5.76 Å². The topological polar surface area (TPSA) is 38.1 Å². The van der Waals surface area contributed by atoms with Crippen molar-refractivity contribution >= 4 is 0 Å². The Hall–Kier alpha value is -1.25. The zero-order valence-corrected chi connectivity index (χ0v) is 9.19. The molecule has 1 aromatic heterocycles. The van der Waals surface area contributed by atoms with E-state index in [0.717, 1.165) is 0 Å². The molecule has 1 N–H and O–H groups in total. The van der Waals surface area contributed by atoms with E-state index in [1.54, 1.807) is 6.92 Å². The van der Waals surface area contributed by atoms with Crippen molar-refractivity contribution in [3.63, 3.8) is 0 Å². The normalized spacial score (nSPS) is 13.3. The van der Waals surface area contributed by atoms with E-state index < -0.39 is 24.0 Å². The van der Waals surface area contributed by atoms with Gasteiger partial charge in [-0.3, -0.25) is 0 Å². The summed E-state index contributed by atoms with van der Waals surface area (Å²) in [5, 5.41) is 2.68. The van der Waals surface area contributed by atoms with Crippen molar-refractivity contribution < 1.29 is 30.8 Å². The van der Waals surface area contributed by atoms with Gasteiger partial charge in [0.25, 0.3) is 0 Å². The van der Waals surface area contributed by atoms with Crippen LogP contribution in [0.25, 0.3) is 0 Å². The predicted molar refractivity (Wildman–Crippen MR) is 48.7 cm³/mol. The highest BCUT2D eigenvalue weighted by molar-refractivity contribution is 5.08. The van der Waals surface area contributed by atoms with Crippen LogP contribution >= 0.6 is 0 Å². The third-order valence-corrected chi connectivity index (χ3v) is 2.04. The Morgan fingerprint density at radius 2 is 1.78 bits per heavy atom. The van der Waals surface area contributed by atoms with Crippen LogP contribution in [0.1, 0.15) is 24.5 Å². The van der Waals surface area contributed by atoms with Crippen LogP contribution in [0.3, 0.4) is 0 Å². The van der Waals surface area contributed by atoms with Crippen LogP contribution in [-0.2, 0) is 6.54 Å². The molecule has 0 amide bonds. The molecule has 0 saturated carbocycles. The maximum atomic E-state index is 12.3. The van der Waals surface area contributed by atoms with Gasteiger partial charge in [-0.05, 0) is 6.54 Å². The molecule has 9 heteroatoms. The summed E-state index contributed by atoms with van der Waals surface area (Å²) >= 11 is 0. The highest BCUT2D eigenvalue weighted by atomic mass is 19.4. The number of oxazole rings is 1. The second kappa shape index (κ2) is 5.17. The number of nitrogens with one attached hydrogen (secondary N) is 1. The third kappa shape index (κ3) is 3.62. The van der Waals surface area contributed by atoms with E-state index in [-0.39, 0.29) is 12.4 Å². The van der Waals surface area contributed by atoms with Gasteiger partial charge in [-0.25, -0.2) is 4.98 Å². The van der Waals surface area contributed by atoms with Crippen molar-refractivity contribution in [2.24, 2.45) is 0 Å². The summed E-state index contributed by atoms with van der Waals surface area (Å²) in [6, 6.07) is 0. The Morgan fingerprint density at radius 3 is 2.22 bits per heavy atom. The lowest BCUT2D eigenvalue weighted by molar-refractivity contribution is -0.257. The molecule has 0 saturated heterocycles. The van der Waals surface area contributed by atoms with Gasteiger partial charge in [0.15, 0.2) is 0 Å². The van der Waals surface area contributed by atoms with Gasteiger partial charge in [-0.1, -0.05) is 6.92 Å². The fraction of sp³-hybridized carbons (Fsp3) is 0.667. The van der Waals surface area contributed by atoms with Crippen LogP contribution in [-0.4, -0.2) is 23.9 Å². The Morgan fingerprint density at radius 1 is 1.22 bits per heavy atom. The highest BCUT2D eigenvalue weighted by Gasteiger charge is 2.59. The highest BCUT2D eigenvalue weighted by Crippen LogP contribution is 2.46. The number of nitrogens with zero attached hydrogens (tertiary/aromatic N) is 1. The molecular formula is C9H10F6N2O. The number of hydrogen-bond acceptors (Lipinski definition) is 3. The minimum Gasteiger partial charge on any atom is -0.443 e. The summed E-state index contributed by atoms with van der Waals surface area (Å²) in [4.78, 5) is 3.37. The number of halogens is 6. The summed E-state index contributed by atoms with van der Waals surface area (Å²) in [5.74, 6) is -5.11. The van der Waals surface area contributed by atoms with Gasteiger partial charge in [0, 0.05) is 0 Å². The van der Waals surface area contributed by atoms with Crippen LogP contribution in [0.15, 0.2) is 10.6 Å². The van der Waals surface area contributed by atoms with Crippen molar-refractivity contribution in [2.75, 3.05) is 6.54 Å². The van der Waals surface area contributed by atoms with Crippen LogP contribution in [0.2, 0.25) is 0 Å². The molecule has 1 aromatic rings. The largest absolute Gasteiger partial charge is 0.443 e. The van der Waals surface area contributed by atoms with Crippen LogP contribution in [0.4, 0.5) is 26.3 Å². The quantitative estimate of drug-likeness (QED) is 0.859. The first-order valence-electron chi connectivity index (χ1n) is 4.95. The predicted octanol–water partition coefficient (Wildman–Crippen LogP) is 2.99. The van der Waals surface area contributed by atoms with Gasteiger partial charge in [-0.15, -0.1) is 0 Å². The summed E-state index contributed by atoms with van der Waals surface area (Å²) in [5.41, 5.74) is 0. The standard InChI is InChI=1S/C9H10F6N2O/c1-2-16-4-6-17-3-5(18-6)7(8(10,11)12)9(13,14)15/h3,7,16H,2,4H2,1H3. The van der Waals surface area contributed by atoms with Crippen molar-refractivity contribution in [3.8, 4) is 0 Å². The van der Waals surface area contributed by atoms with Crippen molar-refractivity contribution in [2.45, 2.75) is 31.7 Å². The molecule has 1 heterocycles. The van der Waals surface area contributed by atoms with Crippen LogP contribution < -0.4 is 5.32 Å². The molecule has 0 fully saturated rings. The lowest BCUT2D eigenvalue weighted by atomic mass is 10.1. The third-order valence-electron chi connectivity index (χ3n) is 2.04. The van der Waals surface area contributed by atoms with Crippen LogP contribution in [0.5, 0.6) is 0 Å². The fourth-order valence-corrected chi connectivity index (χ4v) is 1.28. The van der Waals surface area contributed by atoms with E-state index in [4.69, 9.17) is 0 Å². The number of alkyl halides is 6. The molecule has 3 nitrogen and oxygen atoms in total. The second-order valence-electron chi connectivity index (χ2n) is 3.45. The smallest absolute Gasteiger partial charge is 0.407 e. The van der Waals surface area contributed by atoms with Crippen molar-refractivity contribution in [1.29, 1.82) is 0 Å². The zero-order chi connectivity index (χ0) is 14.0. The SMILES string of the molecule is CCNCc1ncc(C(C(F)(F)F)C(F)(F)F)o1. The van der Waals surface area contributed by atoms with Gasteiger partial charge < -0.3 is 9.73 Å². The maximum Gasteiger partial charge on any atom is 0.407 e. The second-order valence-corrected chi connectivity index (χ2v) is 3.45. The monoisotopic (exact) mass is 276 g/mol. The molecule has 0 unspecified atom stereocenters. The molecule has 0 atom stereocenters. The van der Waals surface area contributed by atoms with E-state index in [9.17, 15) is 26.3 Å². The molecule has 0 aromatic carbocycles. The van der Waals surface area contributed by atoms with E-state index in [1.807, 2.05) is 0 Å². The molecule has 18 heavy (non-hydrogen) atoms. The number of aromatic nitrogens is 1.